The zero-order valence-corrected chi connectivity index (χ0v) is 10.8. The van der Waals surface area contributed by atoms with E-state index >= 15 is 0 Å². The Kier molecular flexibility index (Phi) is 3.71. The van der Waals surface area contributed by atoms with Gasteiger partial charge in [0.15, 0.2) is 0 Å². The number of nitrogens with zero attached hydrogens (tertiary/aromatic N) is 2. The Morgan fingerprint density at radius 2 is 2.00 bits per heavy atom. The summed E-state index contributed by atoms with van der Waals surface area (Å²) in [6, 6.07) is 0.516. The third-order valence-corrected chi connectivity index (χ3v) is 4.82. The summed E-state index contributed by atoms with van der Waals surface area (Å²) in [5, 5.41) is 19.9. The quantitative estimate of drug-likeness (QED) is 0.652. The summed E-state index contributed by atoms with van der Waals surface area (Å²) in [7, 11) is -4.35. The van der Waals surface area contributed by atoms with Gasteiger partial charge in [-0.1, -0.05) is 0 Å². The topological polar surface area (TPSA) is 101 Å². The van der Waals surface area contributed by atoms with Gasteiger partial charge in [0.1, 0.15) is 10.7 Å². The summed E-state index contributed by atoms with van der Waals surface area (Å²) >= 11 is 0. The predicted molar refractivity (Wildman–Crippen MR) is 62.4 cm³/mol. The van der Waals surface area contributed by atoms with E-state index in [2.05, 4.69) is 0 Å². The van der Waals surface area contributed by atoms with Gasteiger partial charge in [-0.25, -0.2) is 12.8 Å². The Bertz CT molecular complexity index is 664. The van der Waals surface area contributed by atoms with Crippen LogP contribution in [0.5, 0.6) is 0 Å². The van der Waals surface area contributed by atoms with Gasteiger partial charge in [-0.2, -0.15) is 8.70 Å². The molecule has 1 saturated heterocycles. The molecule has 1 atom stereocenters. The smallest absolute Gasteiger partial charge is 0.306 e. The lowest BCUT2D eigenvalue weighted by Gasteiger charge is -2.16. The fraction of sp³-hybridized carbons (Fsp3) is 0.400. The Labute approximate surface area is 112 Å². The summed E-state index contributed by atoms with van der Waals surface area (Å²) in [6.45, 7) is -0.263. The maximum atomic E-state index is 13.6. The highest BCUT2D eigenvalue weighted by atomic mass is 32.2. The van der Waals surface area contributed by atoms with Crippen molar-refractivity contribution in [3.8, 4) is 0 Å². The van der Waals surface area contributed by atoms with E-state index in [4.69, 9.17) is 0 Å². The average Bonchev–Trinajstić information content (AvgIpc) is 2.75. The van der Waals surface area contributed by atoms with Crippen LogP contribution < -0.4 is 0 Å². The van der Waals surface area contributed by atoms with Gasteiger partial charge in [-0.05, 0) is 6.42 Å². The van der Waals surface area contributed by atoms with Crippen LogP contribution in [0.25, 0.3) is 0 Å². The molecule has 0 amide bonds. The van der Waals surface area contributed by atoms with Gasteiger partial charge in [0.2, 0.25) is 15.8 Å². The Morgan fingerprint density at radius 1 is 1.35 bits per heavy atom. The van der Waals surface area contributed by atoms with E-state index in [1.165, 1.54) is 0 Å². The third-order valence-electron chi connectivity index (χ3n) is 2.94. The first-order valence-electron chi connectivity index (χ1n) is 5.55. The number of nitro groups is 1. The number of sulfonamides is 1. The maximum absolute atomic E-state index is 13.6. The minimum atomic E-state index is -4.35. The van der Waals surface area contributed by atoms with Crippen LogP contribution in [-0.4, -0.2) is 41.9 Å². The fourth-order valence-electron chi connectivity index (χ4n) is 1.92. The van der Waals surface area contributed by atoms with Crippen molar-refractivity contribution < 1.29 is 27.2 Å². The van der Waals surface area contributed by atoms with E-state index in [1.807, 2.05) is 0 Å². The Balaban J connectivity index is 2.51. The average molecular weight is 308 g/mol. The minimum absolute atomic E-state index is 0.0336. The SMILES string of the molecule is O=[N+]([O-])c1cc(S(=O)(=O)N2CC[C@@H](O)C2)c(F)cc1F. The number of halogens is 2. The number of hydrogen-bond donors (Lipinski definition) is 1. The fourth-order valence-corrected chi connectivity index (χ4v) is 3.48. The minimum Gasteiger partial charge on any atom is -0.392 e. The van der Waals surface area contributed by atoms with Gasteiger partial charge in [-0.3, -0.25) is 10.1 Å². The lowest BCUT2D eigenvalue weighted by Crippen LogP contribution is -2.30. The van der Waals surface area contributed by atoms with E-state index < -0.39 is 43.3 Å². The van der Waals surface area contributed by atoms with E-state index in [1.54, 1.807) is 0 Å². The van der Waals surface area contributed by atoms with Gasteiger partial charge < -0.3 is 5.11 Å². The van der Waals surface area contributed by atoms with E-state index in [0.717, 1.165) is 4.31 Å². The number of nitro benzene ring substituents is 1. The summed E-state index contributed by atoms with van der Waals surface area (Å²) in [6.07, 6.45) is -0.687. The largest absolute Gasteiger partial charge is 0.392 e. The van der Waals surface area contributed by atoms with Gasteiger partial charge in [0.05, 0.1) is 11.0 Å². The van der Waals surface area contributed by atoms with Gasteiger partial charge >= 0.3 is 5.69 Å². The Hall–Kier alpha value is -1.65. The zero-order valence-electron chi connectivity index (χ0n) is 9.99. The molecule has 1 aliphatic rings. The summed E-state index contributed by atoms with van der Waals surface area (Å²) in [4.78, 5) is 8.48. The highest BCUT2D eigenvalue weighted by Crippen LogP contribution is 2.28. The molecular formula is C10H10F2N2O5S. The van der Waals surface area contributed by atoms with Crippen molar-refractivity contribution in [1.82, 2.24) is 4.31 Å². The van der Waals surface area contributed by atoms with Crippen LogP contribution in [0, 0.1) is 21.7 Å². The summed E-state index contributed by atoms with van der Waals surface area (Å²) < 4.78 is 51.8. The van der Waals surface area contributed by atoms with Crippen molar-refractivity contribution >= 4 is 15.7 Å². The molecule has 7 nitrogen and oxygen atoms in total. The molecule has 0 aliphatic carbocycles. The van der Waals surface area contributed by atoms with Gasteiger partial charge in [-0.15, -0.1) is 0 Å². The zero-order chi connectivity index (χ0) is 15.1. The summed E-state index contributed by atoms with van der Waals surface area (Å²) in [5.74, 6) is -2.86. The first kappa shape index (κ1) is 14.8. The van der Waals surface area contributed by atoms with E-state index in [9.17, 15) is 32.4 Å². The molecule has 110 valence electrons. The molecule has 0 radical (unpaired) electrons. The highest BCUT2D eigenvalue weighted by molar-refractivity contribution is 7.89. The molecule has 1 N–H and O–H groups in total. The predicted octanol–water partition coefficient (Wildman–Crippen LogP) is 0.628. The van der Waals surface area contributed by atoms with Crippen LogP contribution in [0.3, 0.4) is 0 Å². The lowest BCUT2D eigenvalue weighted by atomic mass is 10.3. The monoisotopic (exact) mass is 308 g/mol. The molecular weight excluding hydrogens is 298 g/mol. The second kappa shape index (κ2) is 5.04. The second-order valence-corrected chi connectivity index (χ2v) is 6.20. The number of aliphatic hydroxyl groups excluding tert-OH is 1. The van der Waals surface area contributed by atoms with Crippen LogP contribution in [0.4, 0.5) is 14.5 Å². The van der Waals surface area contributed by atoms with Crippen molar-refractivity contribution in [2.24, 2.45) is 0 Å². The van der Waals surface area contributed by atoms with Crippen molar-refractivity contribution in [3.05, 3.63) is 33.9 Å². The molecule has 2 rings (SSSR count). The molecule has 1 aromatic carbocycles. The number of β-amino-alcohol motifs (C(OH)–C–C–N with tert-alkyl or cyclic N) is 1. The molecule has 0 spiro atoms. The highest BCUT2D eigenvalue weighted by Gasteiger charge is 2.35. The van der Waals surface area contributed by atoms with Crippen LogP contribution >= 0.6 is 0 Å². The standard InChI is InChI=1S/C10H10F2N2O5S/c11-7-3-8(12)10(4-9(7)14(16)17)20(18,19)13-2-1-6(15)5-13/h3-4,6,15H,1-2,5H2/t6-/m1/s1. The molecule has 1 aromatic rings. The van der Waals surface area contributed by atoms with E-state index in [0.29, 0.717) is 6.07 Å². The number of rotatable bonds is 3. The van der Waals surface area contributed by atoms with E-state index in [-0.39, 0.29) is 25.6 Å². The van der Waals surface area contributed by atoms with Crippen molar-refractivity contribution in [3.63, 3.8) is 0 Å². The van der Waals surface area contributed by atoms with Gasteiger partial charge in [0, 0.05) is 25.2 Å². The van der Waals surface area contributed by atoms with Crippen LogP contribution in [-0.2, 0) is 10.0 Å². The number of aliphatic hydroxyl groups is 1. The molecule has 0 bridgehead atoms. The normalized spacial score (nSPS) is 20.2. The molecule has 1 heterocycles. The molecule has 1 aliphatic heterocycles. The van der Waals surface area contributed by atoms with Gasteiger partial charge in [0.25, 0.3) is 0 Å². The second-order valence-electron chi connectivity index (χ2n) is 4.30. The first-order chi connectivity index (χ1) is 9.23. The van der Waals surface area contributed by atoms with Crippen LogP contribution in [0.2, 0.25) is 0 Å². The van der Waals surface area contributed by atoms with Crippen molar-refractivity contribution in [2.45, 2.75) is 17.4 Å². The van der Waals surface area contributed by atoms with Crippen LogP contribution in [0.15, 0.2) is 17.0 Å². The number of benzene rings is 1. The number of hydrogen-bond acceptors (Lipinski definition) is 5. The summed E-state index contributed by atoms with van der Waals surface area (Å²) in [5.41, 5.74) is -1.12. The van der Waals surface area contributed by atoms with Crippen molar-refractivity contribution in [2.75, 3.05) is 13.1 Å². The molecule has 0 unspecified atom stereocenters. The molecule has 1 fully saturated rings. The maximum Gasteiger partial charge on any atom is 0.306 e. The molecule has 10 heteroatoms. The molecule has 20 heavy (non-hydrogen) atoms. The molecule has 0 saturated carbocycles. The first-order valence-corrected chi connectivity index (χ1v) is 6.99. The molecule has 0 aromatic heterocycles. The van der Waals surface area contributed by atoms with Crippen LogP contribution in [0.1, 0.15) is 6.42 Å². The Morgan fingerprint density at radius 3 is 2.50 bits per heavy atom. The lowest BCUT2D eigenvalue weighted by molar-refractivity contribution is -0.387. The third kappa shape index (κ3) is 2.49. The van der Waals surface area contributed by atoms with Crippen molar-refractivity contribution in [1.29, 1.82) is 0 Å².